The lowest BCUT2D eigenvalue weighted by atomic mass is 9.98. The highest BCUT2D eigenvalue weighted by Gasteiger charge is 2.40. The molecular weight excluding hydrogens is 166 g/mol. The van der Waals surface area contributed by atoms with Crippen molar-refractivity contribution < 1.29 is 25.2 Å². The van der Waals surface area contributed by atoms with Crippen LogP contribution in [0.1, 0.15) is 6.92 Å². The Morgan fingerprint density at radius 2 is 1.83 bits per heavy atom. The Bertz CT molecular complexity index is 158. The zero-order chi connectivity index (χ0) is 9.94. The SMILES string of the molecule is C[C@H](O)[C@@](N)(O)[C@@H](O)[C@H](O)C=O. The summed E-state index contributed by atoms with van der Waals surface area (Å²) in [6, 6.07) is 0. The van der Waals surface area contributed by atoms with Crippen LogP contribution < -0.4 is 5.73 Å². The molecule has 72 valence electrons. The van der Waals surface area contributed by atoms with Gasteiger partial charge in [0.25, 0.3) is 0 Å². The molecule has 6 nitrogen and oxygen atoms in total. The van der Waals surface area contributed by atoms with Crippen molar-refractivity contribution in [1.82, 2.24) is 0 Å². The van der Waals surface area contributed by atoms with Crippen molar-refractivity contribution in [3.05, 3.63) is 0 Å². The number of rotatable bonds is 4. The van der Waals surface area contributed by atoms with E-state index < -0.39 is 24.0 Å². The van der Waals surface area contributed by atoms with Gasteiger partial charge in [-0.05, 0) is 6.92 Å². The molecule has 0 saturated heterocycles. The van der Waals surface area contributed by atoms with E-state index in [4.69, 9.17) is 26.2 Å². The van der Waals surface area contributed by atoms with Crippen LogP contribution in [-0.2, 0) is 4.79 Å². The zero-order valence-electron chi connectivity index (χ0n) is 6.58. The van der Waals surface area contributed by atoms with Crippen molar-refractivity contribution in [1.29, 1.82) is 0 Å². The highest BCUT2D eigenvalue weighted by molar-refractivity contribution is 5.57. The minimum Gasteiger partial charge on any atom is -0.389 e. The molecule has 0 bridgehead atoms. The number of aliphatic hydroxyl groups is 4. The second kappa shape index (κ2) is 3.92. The van der Waals surface area contributed by atoms with Crippen LogP contribution in [0.2, 0.25) is 0 Å². The lowest BCUT2D eigenvalue weighted by Crippen LogP contribution is -2.62. The molecule has 0 saturated carbocycles. The van der Waals surface area contributed by atoms with Crippen LogP contribution in [0, 0.1) is 0 Å². The molecule has 0 aliphatic rings. The molecule has 0 heterocycles. The van der Waals surface area contributed by atoms with Crippen LogP contribution >= 0.6 is 0 Å². The number of aliphatic hydroxyl groups excluding tert-OH is 3. The molecule has 0 amide bonds. The van der Waals surface area contributed by atoms with Gasteiger partial charge >= 0.3 is 0 Å². The summed E-state index contributed by atoms with van der Waals surface area (Å²) in [5, 5.41) is 35.7. The van der Waals surface area contributed by atoms with Gasteiger partial charge in [0.15, 0.2) is 12.0 Å². The molecule has 0 fully saturated rings. The maximum Gasteiger partial charge on any atom is 0.168 e. The van der Waals surface area contributed by atoms with Crippen LogP contribution in [0.4, 0.5) is 0 Å². The molecule has 0 rings (SSSR count). The Labute approximate surface area is 69.2 Å². The Hall–Kier alpha value is -0.530. The van der Waals surface area contributed by atoms with Gasteiger partial charge in [0.2, 0.25) is 0 Å². The smallest absolute Gasteiger partial charge is 0.168 e. The molecule has 0 aromatic heterocycles. The predicted octanol–water partition coefficient (Wildman–Crippen LogP) is -3.06. The van der Waals surface area contributed by atoms with E-state index >= 15 is 0 Å². The summed E-state index contributed by atoms with van der Waals surface area (Å²) in [5.41, 5.74) is 2.63. The molecule has 12 heavy (non-hydrogen) atoms. The molecule has 0 aromatic carbocycles. The van der Waals surface area contributed by atoms with Crippen molar-refractivity contribution in [2.45, 2.75) is 31.0 Å². The lowest BCUT2D eigenvalue weighted by Gasteiger charge is -2.32. The van der Waals surface area contributed by atoms with Crippen molar-refractivity contribution in [2.24, 2.45) is 5.73 Å². The molecule has 0 aliphatic carbocycles. The molecular formula is C6H13NO5. The van der Waals surface area contributed by atoms with Crippen LogP contribution in [-0.4, -0.2) is 50.7 Å². The van der Waals surface area contributed by atoms with Gasteiger partial charge in [-0.15, -0.1) is 0 Å². The fraction of sp³-hybridized carbons (Fsp3) is 0.833. The summed E-state index contributed by atoms with van der Waals surface area (Å²) >= 11 is 0. The standard InChI is InChI=1S/C6H13NO5/c1-3(9)6(7,12)5(11)4(10)2-8/h2-5,9-12H,7H2,1H3/t3-,4+,5-,6+/m0/s1. The van der Waals surface area contributed by atoms with E-state index in [1.807, 2.05) is 0 Å². The van der Waals surface area contributed by atoms with Crippen LogP contribution in [0.15, 0.2) is 0 Å². The van der Waals surface area contributed by atoms with E-state index in [0.29, 0.717) is 0 Å². The predicted molar refractivity (Wildman–Crippen MR) is 38.9 cm³/mol. The highest BCUT2D eigenvalue weighted by atomic mass is 16.4. The molecule has 0 aliphatic heterocycles. The fourth-order valence-corrected chi connectivity index (χ4v) is 0.595. The van der Waals surface area contributed by atoms with Crippen LogP contribution in [0.5, 0.6) is 0 Å². The monoisotopic (exact) mass is 179 g/mol. The summed E-state index contributed by atoms with van der Waals surface area (Å²) in [7, 11) is 0. The van der Waals surface area contributed by atoms with E-state index in [-0.39, 0.29) is 6.29 Å². The van der Waals surface area contributed by atoms with Gasteiger partial charge in [-0.25, -0.2) is 0 Å². The summed E-state index contributed by atoms with van der Waals surface area (Å²) in [6.45, 7) is 1.13. The Balaban J connectivity index is 4.44. The maximum atomic E-state index is 9.96. The Kier molecular flexibility index (Phi) is 3.75. The fourth-order valence-electron chi connectivity index (χ4n) is 0.595. The third kappa shape index (κ3) is 2.23. The van der Waals surface area contributed by atoms with Crippen molar-refractivity contribution >= 4 is 6.29 Å². The highest BCUT2D eigenvalue weighted by Crippen LogP contribution is 2.11. The molecule has 6 heteroatoms. The summed E-state index contributed by atoms with van der Waals surface area (Å²) in [5.74, 6) is 0. The number of carbonyl (C=O) groups is 1. The first-order valence-electron chi connectivity index (χ1n) is 3.34. The second-order valence-corrected chi connectivity index (χ2v) is 2.63. The van der Waals surface area contributed by atoms with Crippen molar-refractivity contribution in [2.75, 3.05) is 0 Å². The largest absolute Gasteiger partial charge is 0.389 e. The van der Waals surface area contributed by atoms with Gasteiger partial charge in [-0.2, -0.15) is 0 Å². The summed E-state index contributed by atoms with van der Waals surface area (Å²) in [6.07, 6.45) is -5.16. The van der Waals surface area contributed by atoms with Gasteiger partial charge in [0.05, 0.1) is 6.10 Å². The maximum absolute atomic E-state index is 9.96. The van der Waals surface area contributed by atoms with Gasteiger partial charge in [0, 0.05) is 0 Å². The normalized spacial score (nSPS) is 23.8. The number of aldehydes is 1. The molecule has 0 aromatic rings. The average Bonchev–Trinajstić information content (AvgIpc) is 2.01. The first kappa shape index (κ1) is 11.5. The van der Waals surface area contributed by atoms with Crippen molar-refractivity contribution in [3.8, 4) is 0 Å². The topological polar surface area (TPSA) is 124 Å². The molecule has 0 spiro atoms. The van der Waals surface area contributed by atoms with Gasteiger partial charge < -0.3 is 25.2 Å². The minimum atomic E-state index is -2.39. The van der Waals surface area contributed by atoms with E-state index in [1.165, 1.54) is 0 Å². The number of nitrogens with two attached hydrogens (primary N) is 1. The third-order valence-corrected chi connectivity index (χ3v) is 1.61. The first-order chi connectivity index (χ1) is 5.34. The third-order valence-electron chi connectivity index (χ3n) is 1.61. The van der Waals surface area contributed by atoms with Gasteiger partial charge in [-0.3, -0.25) is 5.73 Å². The first-order valence-corrected chi connectivity index (χ1v) is 3.34. The quantitative estimate of drug-likeness (QED) is 0.230. The van der Waals surface area contributed by atoms with E-state index in [1.54, 1.807) is 0 Å². The number of carbonyl (C=O) groups excluding carboxylic acids is 1. The minimum absolute atomic E-state index is 0.0187. The average molecular weight is 179 g/mol. The molecule has 6 N–H and O–H groups in total. The Morgan fingerprint density at radius 1 is 1.42 bits per heavy atom. The van der Waals surface area contributed by atoms with Gasteiger partial charge in [-0.1, -0.05) is 0 Å². The van der Waals surface area contributed by atoms with Crippen LogP contribution in [0.25, 0.3) is 0 Å². The van der Waals surface area contributed by atoms with Crippen molar-refractivity contribution in [3.63, 3.8) is 0 Å². The Morgan fingerprint density at radius 3 is 2.08 bits per heavy atom. The van der Waals surface area contributed by atoms with E-state index in [0.717, 1.165) is 6.92 Å². The van der Waals surface area contributed by atoms with Gasteiger partial charge in [0.1, 0.15) is 12.2 Å². The molecule has 4 atom stereocenters. The number of hydrogen-bond donors (Lipinski definition) is 5. The van der Waals surface area contributed by atoms with E-state index in [2.05, 4.69) is 0 Å². The lowest BCUT2D eigenvalue weighted by molar-refractivity contribution is -0.170. The molecule has 0 radical (unpaired) electrons. The zero-order valence-corrected chi connectivity index (χ0v) is 6.58. The number of hydrogen-bond acceptors (Lipinski definition) is 6. The second-order valence-electron chi connectivity index (χ2n) is 2.63. The van der Waals surface area contributed by atoms with E-state index in [9.17, 15) is 4.79 Å². The van der Waals surface area contributed by atoms with Crippen LogP contribution in [0.3, 0.4) is 0 Å². The molecule has 0 unspecified atom stereocenters. The summed E-state index contributed by atoms with van der Waals surface area (Å²) in [4.78, 5) is 9.96. The summed E-state index contributed by atoms with van der Waals surface area (Å²) < 4.78 is 0.